The molecule has 0 fully saturated rings. The molecule has 0 aliphatic heterocycles. The van der Waals surface area contributed by atoms with Crippen molar-refractivity contribution < 1.29 is 9.59 Å². The smallest absolute Gasteiger partial charge is 0.242 e. The van der Waals surface area contributed by atoms with E-state index in [9.17, 15) is 9.59 Å². The third-order valence-electron chi connectivity index (χ3n) is 4.42. The van der Waals surface area contributed by atoms with E-state index >= 15 is 0 Å². The van der Waals surface area contributed by atoms with E-state index in [1.165, 1.54) is 0 Å². The molecule has 4 nitrogen and oxygen atoms in total. The molecule has 6 heteroatoms. The lowest BCUT2D eigenvalue weighted by Crippen LogP contribution is -2.48. The van der Waals surface area contributed by atoms with Crippen molar-refractivity contribution in [2.75, 3.05) is 7.05 Å². The van der Waals surface area contributed by atoms with E-state index in [0.717, 1.165) is 11.1 Å². The van der Waals surface area contributed by atoms with Crippen LogP contribution in [0.5, 0.6) is 0 Å². The largest absolute Gasteiger partial charge is 0.357 e. The van der Waals surface area contributed by atoms with Gasteiger partial charge in [0.25, 0.3) is 0 Å². The van der Waals surface area contributed by atoms with Gasteiger partial charge in [0.1, 0.15) is 6.04 Å². The molecule has 0 unspecified atom stereocenters. The number of rotatable bonds is 7. The van der Waals surface area contributed by atoms with Crippen LogP contribution in [0.15, 0.2) is 42.5 Å². The maximum absolute atomic E-state index is 13.1. The summed E-state index contributed by atoms with van der Waals surface area (Å²) in [5.41, 5.74) is 2.77. The van der Waals surface area contributed by atoms with Crippen LogP contribution in [0.1, 0.15) is 30.0 Å². The van der Waals surface area contributed by atoms with E-state index in [4.69, 9.17) is 23.2 Å². The highest BCUT2D eigenvalue weighted by Crippen LogP contribution is 2.23. The van der Waals surface area contributed by atoms with E-state index in [0.29, 0.717) is 28.6 Å². The Morgan fingerprint density at radius 1 is 1.15 bits per heavy atom. The average molecular weight is 407 g/mol. The van der Waals surface area contributed by atoms with Crippen molar-refractivity contribution in [3.05, 3.63) is 69.2 Å². The molecule has 2 aromatic carbocycles. The topological polar surface area (TPSA) is 49.4 Å². The molecule has 0 radical (unpaired) electrons. The second-order valence-corrected chi connectivity index (χ2v) is 7.31. The maximum Gasteiger partial charge on any atom is 0.242 e. The number of carbonyl (C=O) groups excluding carboxylic acids is 2. The fourth-order valence-electron chi connectivity index (χ4n) is 3.02. The second-order valence-electron chi connectivity index (χ2n) is 6.46. The van der Waals surface area contributed by atoms with Gasteiger partial charge in [0.05, 0.1) is 6.42 Å². The fourth-order valence-corrected chi connectivity index (χ4v) is 3.50. The number of aryl methyl sites for hydroxylation is 1. The zero-order chi connectivity index (χ0) is 20.0. The van der Waals surface area contributed by atoms with E-state index in [-0.39, 0.29) is 18.2 Å². The first-order valence-corrected chi connectivity index (χ1v) is 9.61. The van der Waals surface area contributed by atoms with Crippen molar-refractivity contribution in [1.82, 2.24) is 10.2 Å². The molecule has 0 spiro atoms. The summed E-state index contributed by atoms with van der Waals surface area (Å²) in [7, 11) is 1.58. The Kier molecular flexibility index (Phi) is 7.69. The second kappa shape index (κ2) is 9.77. The van der Waals surface area contributed by atoms with Crippen LogP contribution in [-0.2, 0) is 22.6 Å². The molecule has 2 amide bonds. The molecule has 0 aliphatic rings. The Hall–Kier alpha value is -2.04. The zero-order valence-corrected chi connectivity index (χ0v) is 17.3. The summed E-state index contributed by atoms with van der Waals surface area (Å²) >= 11 is 12.2. The van der Waals surface area contributed by atoms with Gasteiger partial charge in [-0.3, -0.25) is 9.59 Å². The van der Waals surface area contributed by atoms with Gasteiger partial charge in [-0.2, -0.15) is 0 Å². The minimum atomic E-state index is -0.547. The predicted octanol–water partition coefficient (Wildman–Crippen LogP) is 4.40. The third kappa shape index (κ3) is 5.72. The number of carbonyl (C=O) groups is 2. The van der Waals surface area contributed by atoms with Crippen LogP contribution in [-0.4, -0.2) is 29.8 Å². The van der Waals surface area contributed by atoms with Crippen LogP contribution in [0.3, 0.4) is 0 Å². The fraction of sp³-hybridized carbons (Fsp3) is 0.333. The maximum atomic E-state index is 13.1. The van der Waals surface area contributed by atoms with Gasteiger partial charge < -0.3 is 10.2 Å². The molecular formula is C21H24Cl2N2O2. The minimum absolute atomic E-state index is 0.106. The van der Waals surface area contributed by atoms with Gasteiger partial charge in [-0.05, 0) is 36.6 Å². The summed E-state index contributed by atoms with van der Waals surface area (Å²) in [6.45, 7) is 4.25. The van der Waals surface area contributed by atoms with Crippen LogP contribution in [0.25, 0.3) is 0 Å². The number of halogens is 2. The lowest BCUT2D eigenvalue weighted by Gasteiger charge is -2.30. The number of likely N-dealkylation sites (N-methyl/N-ethyl adjacent to an activating group) is 1. The number of nitrogens with zero attached hydrogens (tertiary/aromatic N) is 1. The van der Waals surface area contributed by atoms with Gasteiger partial charge in [0, 0.05) is 23.6 Å². The molecule has 0 heterocycles. The number of hydrogen-bond acceptors (Lipinski definition) is 2. The Labute approximate surface area is 170 Å². The predicted molar refractivity (Wildman–Crippen MR) is 110 cm³/mol. The Morgan fingerprint density at radius 3 is 2.48 bits per heavy atom. The molecule has 0 bridgehead atoms. The molecule has 1 N–H and O–H groups in total. The summed E-state index contributed by atoms with van der Waals surface area (Å²) in [5.74, 6) is -0.336. The van der Waals surface area contributed by atoms with Crippen LogP contribution in [0.4, 0.5) is 0 Å². The van der Waals surface area contributed by atoms with Gasteiger partial charge >= 0.3 is 0 Å². The monoisotopic (exact) mass is 406 g/mol. The van der Waals surface area contributed by atoms with E-state index in [1.807, 2.05) is 38.1 Å². The minimum Gasteiger partial charge on any atom is -0.357 e. The standard InChI is InChI=1S/C21H24Cl2N2O2/c1-4-19(21(27)24-3)25(13-15-7-5-6-14(2)10-15)20(26)11-16-8-9-17(22)12-18(16)23/h5-10,12,19H,4,11,13H2,1-3H3,(H,24,27)/t19-/m0/s1. The van der Waals surface area contributed by atoms with Crippen molar-refractivity contribution in [1.29, 1.82) is 0 Å². The van der Waals surface area contributed by atoms with E-state index in [1.54, 1.807) is 30.1 Å². The average Bonchev–Trinajstić information content (AvgIpc) is 2.63. The van der Waals surface area contributed by atoms with Crippen molar-refractivity contribution in [3.8, 4) is 0 Å². The van der Waals surface area contributed by atoms with Gasteiger partial charge in [-0.25, -0.2) is 0 Å². The van der Waals surface area contributed by atoms with Crippen molar-refractivity contribution in [2.24, 2.45) is 0 Å². The lowest BCUT2D eigenvalue weighted by molar-refractivity contribution is -0.140. The molecule has 0 aliphatic carbocycles. The van der Waals surface area contributed by atoms with Crippen molar-refractivity contribution in [3.63, 3.8) is 0 Å². The number of hydrogen-bond donors (Lipinski definition) is 1. The molecule has 2 rings (SSSR count). The van der Waals surface area contributed by atoms with Crippen LogP contribution < -0.4 is 5.32 Å². The van der Waals surface area contributed by atoms with E-state index in [2.05, 4.69) is 5.32 Å². The van der Waals surface area contributed by atoms with Gasteiger partial charge in [0.2, 0.25) is 11.8 Å². The lowest BCUT2D eigenvalue weighted by atomic mass is 10.1. The molecule has 0 saturated carbocycles. The first-order chi connectivity index (χ1) is 12.8. The highest BCUT2D eigenvalue weighted by Gasteiger charge is 2.28. The molecule has 0 saturated heterocycles. The van der Waals surface area contributed by atoms with Crippen LogP contribution >= 0.6 is 23.2 Å². The third-order valence-corrected chi connectivity index (χ3v) is 5.01. The molecule has 1 atom stereocenters. The number of nitrogens with one attached hydrogen (secondary N) is 1. The van der Waals surface area contributed by atoms with Gasteiger partial charge in [-0.1, -0.05) is 66.0 Å². The molecule has 144 valence electrons. The van der Waals surface area contributed by atoms with Gasteiger partial charge in [0.15, 0.2) is 0 Å². The summed E-state index contributed by atoms with van der Waals surface area (Å²) in [6.07, 6.45) is 0.626. The van der Waals surface area contributed by atoms with Gasteiger partial charge in [-0.15, -0.1) is 0 Å². The van der Waals surface area contributed by atoms with Crippen molar-refractivity contribution in [2.45, 2.75) is 39.3 Å². The summed E-state index contributed by atoms with van der Waals surface area (Å²) in [5, 5.41) is 3.62. The van der Waals surface area contributed by atoms with Crippen LogP contribution in [0.2, 0.25) is 10.0 Å². The highest BCUT2D eigenvalue weighted by atomic mass is 35.5. The number of benzene rings is 2. The van der Waals surface area contributed by atoms with E-state index < -0.39 is 6.04 Å². The quantitative estimate of drug-likeness (QED) is 0.740. The normalized spacial score (nSPS) is 11.7. The Morgan fingerprint density at radius 2 is 1.89 bits per heavy atom. The molecular weight excluding hydrogens is 383 g/mol. The number of amides is 2. The first kappa shape index (κ1) is 21.3. The molecule has 2 aromatic rings. The van der Waals surface area contributed by atoms with Crippen LogP contribution in [0, 0.1) is 6.92 Å². The Balaban J connectivity index is 2.31. The van der Waals surface area contributed by atoms with Crippen molar-refractivity contribution >= 4 is 35.0 Å². The Bertz CT molecular complexity index is 824. The molecule has 0 aromatic heterocycles. The highest BCUT2D eigenvalue weighted by molar-refractivity contribution is 6.35. The SMILES string of the molecule is CC[C@@H](C(=O)NC)N(Cc1cccc(C)c1)C(=O)Cc1ccc(Cl)cc1Cl. The summed E-state index contributed by atoms with van der Waals surface area (Å²) < 4.78 is 0. The first-order valence-electron chi connectivity index (χ1n) is 8.86. The molecule has 27 heavy (non-hydrogen) atoms. The summed E-state index contributed by atoms with van der Waals surface area (Å²) in [4.78, 5) is 27.1. The zero-order valence-electron chi connectivity index (χ0n) is 15.8. The summed E-state index contributed by atoms with van der Waals surface area (Å²) in [6, 6.07) is 12.4.